The molecule has 0 bridgehead atoms. The number of sulfonamides is 1. The van der Waals surface area contributed by atoms with Crippen LogP contribution in [0.25, 0.3) is 0 Å². The first-order valence-corrected chi connectivity index (χ1v) is 9.91. The summed E-state index contributed by atoms with van der Waals surface area (Å²) in [4.78, 5) is 12.5. The van der Waals surface area contributed by atoms with E-state index in [4.69, 9.17) is 16.0 Å². The van der Waals surface area contributed by atoms with Crippen LogP contribution in [-0.4, -0.2) is 14.3 Å². The summed E-state index contributed by atoms with van der Waals surface area (Å²) < 4.78 is 32.5. The summed E-state index contributed by atoms with van der Waals surface area (Å²) in [6.45, 7) is 1.84. The molecule has 27 heavy (non-hydrogen) atoms. The highest BCUT2D eigenvalue weighted by atomic mass is 35.5. The highest BCUT2D eigenvalue weighted by Gasteiger charge is 2.17. The van der Waals surface area contributed by atoms with E-state index in [-0.39, 0.29) is 17.0 Å². The van der Waals surface area contributed by atoms with Crippen molar-refractivity contribution >= 4 is 33.2 Å². The zero-order valence-electron chi connectivity index (χ0n) is 14.4. The molecule has 2 N–H and O–H groups in total. The van der Waals surface area contributed by atoms with E-state index in [2.05, 4.69) is 10.0 Å². The molecule has 3 aromatic rings. The van der Waals surface area contributed by atoms with Gasteiger partial charge in [-0.25, -0.2) is 13.1 Å². The lowest BCUT2D eigenvalue weighted by Crippen LogP contribution is -2.23. The number of furan rings is 1. The molecular formula is C19H17ClN2O4S. The summed E-state index contributed by atoms with van der Waals surface area (Å²) >= 11 is 5.92. The molecule has 0 saturated heterocycles. The first-order valence-electron chi connectivity index (χ1n) is 8.05. The third-order valence-corrected chi connectivity index (χ3v) is 5.49. The number of benzene rings is 2. The Morgan fingerprint density at radius 3 is 2.63 bits per heavy atom. The molecule has 0 spiro atoms. The number of carbonyl (C=O) groups is 1. The number of carbonyl (C=O) groups excluding carboxylic acids is 1. The molecule has 1 amide bonds. The average molecular weight is 405 g/mol. The van der Waals surface area contributed by atoms with Crippen LogP contribution in [0.2, 0.25) is 5.02 Å². The van der Waals surface area contributed by atoms with E-state index < -0.39 is 15.9 Å². The summed E-state index contributed by atoms with van der Waals surface area (Å²) in [6.07, 6.45) is 1.47. The van der Waals surface area contributed by atoms with Crippen molar-refractivity contribution in [1.29, 1.82) is 0 Å². The van der Waals surface area contributed by atoms with Crippen LogP contribution in [0.4, 0.5) is 5.69 Å². The normalized spacial score (nSPS) is 11.3. The Kier molecular flexibility index (Phi) is 5.65. The number of halogens is 1. The summed E-state index contributed by atoms with van der Waals surface area (Å²) in [6, 6.07) is 14.3. The predicted molar refractivity (Wildman–Crippen MR) is 103 cm³/mol. The van der Waals surface area contributed by atoms with Gasteiger partial charge in [0, 0.05) is 16.3 Å². The zero-order chi connectivity index (χ0) is 19.4. The molecule has 140 valence electrons. The van der Waals surface area contributed by atoms with E-state index in [1.54, 1.807) is 36.4 Å². The number of rotatable bonds is 6. The van der Waals surface area contributed by atoms with Crippen molar-refractivity contribution in [2.24, 2.45) is 0 Å². The molecule has 0 saturated carbocycles. The number of hydrogen-bond acceptors (Lipinski definition) is 4. The fraction of sp³-hybridized carbons (Fsp3) is 0.105. The van der Waals surface area contributed by atoms with Gasteiger partial charge in [0.25, 0.3) is 5.91 Å². The SMILES string of the molecule is Cc1cc(Cl)ccc1NC(=O)c1cccc(S(=O)(=O)NCc2ccco2)c1. The standard InChI is InChI=1S/C19H17ClN2O4S/c1-13-10-15(20)7-8-18(13)22-19(23)14-4-2-6-17(11-14)27(24,25)21-12-16-5-3-9-26-16/h2-11,21H,12H2,1H3,(H,22,23). The molecule has 1 aromatic heterocycles. The summed E-state index contributed by atoms with van der Waals surface area (Å²) in [7, 11) is -3.79. The number of anilines is 1. The van der Waals surface area contributed by atoms with Crippen molar-refractivity contribution in [3.8, 4) is 0 Å². The highest BCUT2D eigenvalue weighted by Crippen LogP contribution is 2.21. The van der Waals surface area contributed by atoms with Gasteiger partial charge in [0.15, 0.2) is 0 Å². The minimum atomic E-state index is -3.79. The Hall–Kier alpha value is -2.61. The van der Waals surface area contributed by atoms with Crippen molar-refractivity contribution in [1.82, 2.24) is 4.72 Å². The molecule has 6 nitrogen and oxygen atoms in total. The Morgan fingerprint density at radius 1 is 1.11 bits per heavy atom. The zero-order valence-corrected chi connectivity index (χ0v) is 16.0. The molecule has 0 unspecified atom stereocenters. The van der Waals surface area contributed by atoms with E-state index in [0.717, 1.165) is 5.56 Å². The van der Waals surface area contributed by atoms with E-state index >= 15 is 0 Å². The molecule has 8 heteroatoms. The van der Waals surface area contributed by atoms with Gasteiger partial charge in [-0.1, -0.05) is 17.7 Å². The number of amides is 1. The van der Waals surface area contributed by atoms with Crippen molar-refractivity contribution in [3.05, 3.63) is 82.8 Å². The lowest BCUT2D eigenvalue weighted by Gasteiger charge is -2.10. The number of aryl methyl sites for hydroxylation is 1. The molecule has 1 heterocycles. The van der Waals surface area contributed by atoms with Gasteiger partial charge in [0.05, 0.1) is 17.7 Å². The summed E-state index contributed by atoms with van der Waals surface area (Å²) in [5.74, 6) is 0.0780. The van der Waals surface area contributed by atoms with Crippen LogP contribution in [0, 0.1) is 6.92 Å². The lowest BCUT2D eigenvalue weighted by atomic mass is 10.1. The topological polar surface area (TPSA) is 88.4 Å². The van der Waals surface area contributed by atoms with E-state index in [1.165, 1.54) is 24.5 Å². The Labute approximate surface area is 162 Å². The maximum Gasteiger partial charge on any atom is 0.255 e. The van der Waals surface area contributed by atoms with Crippen LogP contribution >= 0.6 is 11.6 Å². The summed E-state index contributed by atoms with van der Waals surface area (Å²) in [5, 5.41) is 3.33. The minimum Gasteiger partial charge on any atom is -0.468 e. The Balaban J connectivity index is 1.76. The van der Waals surface area contributed by atoms with E-state index in [1.807, 2.05) is 6.92 Å². The lowest BCUT2D eigenvalue weighted by molar-refractivity contribution is 0.102. The van der Waals surface area contributed by atoms with Crippen LogP contribution in [0.15, 0.2) is 70.2 Å². The smallest absolute Gasteiger partial charge is 0.255 e. The van der Waals surface area contributed by atoms with Crippen molar-refractivity contribution < 1.29 is 17.6 Å². The van der Waals surface area contributed by atoms with Gasteiger partial charge in [0.2, 0.25) is 10.0 Å². The second kappa shape index (κ2) is 7.96. The van der Waals surface area contributed by atoms with Crippen LogP contribution in [0.5, 0.6) is 0 Å². The first kappa shape index (κ1) is 19.2. The molecule has 2 aromatic carbocycles. The molecule has 0 aliphatic heterocycles. The second-order valence-corrected chi connectivity index (χ2v) is 8.05. The number of hydrogen-bond donors (Lipinski definition) is 2. The first-order chi connectivity index (χ1) is 12.8. The third kappa shape index (κ3) is 4.77. The van der Waals surface area contributed by atoms with Crippen molar-refractivity contribution in [2.45, 2.75) is 18.4 Å². The molecule has 0 radical (unpaired) electrons. The van der Waals surface area contributed by atoms with Gasteiger partial charge in [-0.3, -0.25) is 4.79 Å². The van der Waals surface area contributed by atoms with E-state index in [9.17, 15) is 13.2 Å². The van der Waals surface area contributed by atoms with Crippen LogP contribution in [-0.2, 0) is 16.6 Å². The number of nitrogens with one attached hydrogen (secondary N) is 2. The van der Waals surface area contributed by atoms with Gasteiger partial charge < -0.3 is 9.73 Å². The molecular weight excluding hydrogens is 388 g/mol. The van der Waals surface area contributed by atoms with Gasteiger partial charge in [-0.2, -0.15) is 0 Å². The second-order valence-electron chi connectivity index (χ2n) is 5.85. The molecule has 0 aliphatic carbocycles. The van der Waals surface area contributed by atoms with Crippen LogP contribution < -0.4 is 10.0 Å². The third-order valence-electron chi connectivity index (χ3n) is 3.86. The quantitative estimate of drug-likeness (QED) is 0.650. The fourth-order valence-corrected chi connectivity index (χ4v) is 3.69. The van der Waals surface area contributed by atoms with Crippen molar-refractivity contribution in [2.75, 3.05) is 5.32 Å². The fourth-order valence-electron chi connectivity index (χ4n) is 2.43. The van der Waals surface area contributed by atoms with Gasteiger partial charge >= 0.3 is 0 Å². The molecule has 3 rings (SSSR count). The maximum atomic E-state index is 12.5. The molecule has 0 fully saturated rings. The average Bonchev–Trinajstić information content (AvgIpc) is 3.16. The minimum absolute atomic E-state index is 0.00506. The predicted octanol–water partition coefficient (Wildman–Crippen LogP) is 3.97. The Morgan fingerprint density at radius 2 is 1.93 bits per heavy atom. The maximum absolute atomic E-state index is 12.5. The van der Waals surface area contributed by atoms with Crippen molar-refractivity contribution in [3.63, 3.8) is 0 Å². The largest absolute Gasteiger partial charge is 0.468 e. The highest BCUT2D eigenvalue weighted by molar-refractivity contribution is 7.89. The summed E-state index contributed by atoms with van der Waals surface area (Å²) in [5.41, 5.74) is 1.64. The van der Waals surface area contributed by atoms with Gasteiger partial charge in [0.1, 0.15) is 5.76 Å². The monoisotopic (exact) mass is 404 g/mol. The van der Waals surface area contributed by atoms with Gasteiger partial charge in [-0.05, 0) is 61.0 Å². The Bertz CT molecular complexity index is 1060. The molecule has 0 atom stereocenters. The van der Waals surface area contributed by atoms with Gasteiger partial charge in [-0.15, -0.1) is 0 Å². The molecule has 0 aliphatic rings. The van der Waals surface area contributed by atoms with E-state index in [0.29, 0.717) is 16.5 Å². The van der Waals surface area contributed by atoms with Crippen LogP contribution in [0.3, 0.4) is 0 Å². The van der Waals surface area contributed by atoms with Crippen LogP contribution in [0.1, 0.15) is 21.7 Å².